The van der Waals surface area contributed by atoms with Gasteiger partial charge in [0.25, 0.3) is 0 Å². The quantitative estimate of drug-likeness (QED) is 0.440. The third-order valence-electron chi connectivity index (χ3n) is 5.34. The normalized spacial score (nSPS) is 14.8. The number of morpholine rings is 1. The summed E-state index contributed by atoms with van der Waals surface area (Å²) in [6, 6.07) is 8.19. The van der Waals surface area contributed by atoms with Crippen molar-refractivity contribution in [2.75, 3.05) is 31.2 Å². The molecule has 4 aromatic heterocycles. The van der Waals surface area contributed by atoms with Crippen LogP contribution >= 0.6 is 0 Å². The number of hydrogen-bond acceptors (Lipinski definition) is 6. The van der Waals surface area contributed by atoms with Crippen molar-refractivity contribution in [2.45, 2.75) is 0 Å². The van der Waals surface area contributed by atoms with Crippen molar-refractivity contribution in [3.8, 4) is 22.6 Å². The van der Waals surface area contributed by atoms with E-state index < -0.39 is 0 Å². The molecule has 0 spiro atoms. The van der Waals surface area contributed by atoms with Crippen molar-refractivity contribution in [3.05, 3.63) is 42.9 Å². The third kappa shape index (κ3) is 2.66. The molecule has 0 aliphatic carbocycles. The Hall–Kier alpha value is -3.72. The second-order valence-electron chi connectivity index (χ2n) is 7.03. The number of imidazole rings is 1. The lowest BCUT2D eigenvalue weighted by Crippen LogP contribution is -2.36. The molecule has 0 radical (unpaired) electrons. The maximum atomic E-state index is 5.48. The molecule has 1 saturated heterocycles. The highest BCUT2D eigenvalue weighted by atomic mass is 16.5. The summed E-state index contributed by atoms with van der Waals surface area (Å²) in [7, 11) is 0. The molecule has 1 aromatic carbocycles. The van der Waals surface area contributed by atoms with Gasteiger partial charge < -0.3 is 14.6 Å². The molecule has 9 heteroatoms. The van der Waals surface area contributed by atoms with Crippen LogP contribution in [0.3, 0.4) is 0 Å². The molecule has 0 atom stereocenters. The van der Waals surface area contributed by atoms with E-state index >= 15 is 0 Å². The van der Waals surface area contributed by atoms with Crippen LogP contribution in [0.4, 0.5) is 5.69 Å². The minimum absolute atomic E-state index is 0.686. The van der Waals surface area contributed by atoms with E-state index in [4.69, 9.17) is 9.72 Å². The summed E-state index contributed by atoms with van der Waals surface area (Å²) in [5.74, 6) is 0.698. The van der Waals surface area contributed by atoms with E-state index in [1.54, 1.807) is 12.4 Å². The number of anilines is 1. The van der Waals surface area contributed by atoms with Crippen LogP contribution in [0.5, 0.6) is 0 Å². The van der Waals surface area contributed by atoms with Gasteiger partial charge in [0.2, 0.25) is 0 Å². The van der Waals surface area contributed by atoms with Gasteiger partial charge in [-0.3, -0.25) is 10.2 Å². The van der Waals surface area contributed by atoms with Gasteiger partial charge >= 0.3 is 0 Å². The molecule has 1 fully saturated rings. The Morgan fingerprint density at radius 2 is 2.00 bits per heavy atom. The van der Waals surface area contributed by atoms with Crippen LogP contribution in [0.15, 0.2) is 42.9 Å². The standard InChI is InChI=1S/C20H18N8O/c1-2-15-14(9-12(1)13-10-22-23-11-13)17(27-26-15)20-24-18-16(3-4-21-19(18)25-20)28-5-7-29-8-6-28/h1-4,9-11H,5-8H2,(H,22,23)(H,26,27)(H,21,24,25). The number of ether oxygens (including phenoxy) is 1. The molecule has 0 amide bonds. The first-order valence-corrected chi connectivity index (χ1v) is 9.52. The first kappa shape index (κ1) is 16.3. The fourth-order valence-electron chi connectivity index (χ4n) is 3.86. The summed E-state index contributed by atoms with van der Waals surface area (Å²) < 4.78 is 5.48. The number of nitrogens with zero attached hydrogens (tertiary/aromatic N) is 5. The van der Waals surface area contributed by atoms with Gasteiger partial charge in [-0.2, -0.15) is 10.2 Å². The van der Waals surface area contributed by atoms with Crippen molar-refractivity contribution in [1.82, 2.24) is 35.3 Å². The van der Waals surface area contributed by atoms with Crippen molar-refractivity contribution in [2.24, 2.45) is 0 Å². The summed E-state index contributed by atoms with van der Waals surface area (Å²) in [6.07, 6.45) is 5.48. The Morgan fingerprint density at radius 3 is 2.86 bits per heavy atom. The minimum Gasteiger partial charge on any atom is -0.378 e. The highest BCUT2D eigenvalue weighted by Crippen LogP contribution is 2.32. The SMILES string of the molecule is c1cc(N2CCOCC2)c2[nH]c(-c3n[nH]c4ccc(-c5cn[nH]c5)cc34)nc2n1. The number of pyridine rings is 1. The van der Waals surface area contributed by atoms with Crippen molar-refractivity contribution in [1.29, 1.82) is 0 Å². The predicted octanol–water partition coefficient (Wildman–Crippen LogP) is 2.73. The number of hydrogen-bond donors (Lipinski definition) is 3. The monoisotopic (exact) mass is 386 g/mol. The molecule has 0 bridgehead atoms. The number of aromatic amines is 3. The van der Waals surface area contributed by atoms with E-state index in [0.29, 0.717) is 11.5 Å². The van der Waals surface area contributed by atoms with Gasteiger partial charge in [-0.15, -0.1) is 0 Å². The molecule has 29 heavy (non-hydrogen) atoms. The Balaban J connectivity index is 1.48. The van der Waals surface area contributed by atoms with Crippen molar-refractivity contribution >= 4 is 27.8 Å². The molecule has 0 unspecified atom stereocenters. The Labute approximate surface area is 165 Å². The molecule has 5 heterocycles. The molecule has 1 aliphatic rings. The Bertz CT molecular complexity index is 1300. The third-order valence-corrected chi connectivity index (χ3v) is 5.34. The molecule has 5 aromatic rings. The highest BCUT2D eigenvalue weighted by molar-refractivity contribution is 5.96. The molecule has 9 nitrogen and oxygen atoms in total. The number of benzene rings is 1. The fraction of sp³-hybridized carbons (Fsp3) is 0.200. The van der Waals surface area contributed by atoms with E-state index in [1.165, 1.54) is 0 Å². The average Bonchev–Trinajstić information content (AvgIpc) is 3.52. The van der Waals surface area contributed by atoms with Crippen molar-refractivity contribution < 1.29 is 4.74 Å². The van der Waals surface area contributed by atoms with Gasteiger partial charge in [-0.05, 0) is 23.8 Å². The predicted molar refractivity (Wildman–Crippen MR) is 110 cm³/mol. The Kier molecular flexibility index (Phi) is 3.60. The van der Waals surface area contributed by atoms with Gasteiger partial charge in [0.05, 0.1) is 30.6 Å². The van der Waals surface area contributed by atoms with Crippen molar-refractivity contribution in [3.63, 3.8) is 0 Å². The zero-order valence-corrected chi connectivity index (χ0v) is 15.5. The molecule has 1 aliphatic heterocycles. The number of fused-ring (bicyclic) bond motifs is 2. The lowest BCUT2D eigenvalue weighted by Gasteiger charge is -2.28. The van der Waals surface area contributed by atoms with Crippen LogP contribution in [0.25, 0.3) is 44.7 Å². The van der Waals surface area contributed by atoms with Crippen LogP contribution in [0.2, 0.25) is 0 Å². The topological polar surface area (TPSA) is 111 Å². The number of aromatic nitrogens is 7. The van der Waals surface area contributed by atoms with E-state index in [9.17, 15) is 0 Å². The smallest absolute Gasteiger partial charge is 0.180 e. The molecular formula is C20H18N8O. The largest absolute Gasteiger partial charge is 0.378 e. The molecular weight excluding hydrogens is 368 g/mol. The summed E-state index contributed by atoms with van der Waals surface area (Å²) in [4.78, 5) is 14.9. The van der Waals surface area contributed by atoms with Gasteiger partial charge in [0.15, 0.2) is 11.5 Å². The first-order valence-electron chi connectivity index (χ1n) is 9.52. The van der Waals surface area contributed by atoms with E-state index in [1.807, 2.05) is 24.4 Å². The van der Waals surface area contributed by atoms with E-state index in [0.717, 1.165) is 65.2 Å². The lowest BCUT2D eigenvalue weighted by atomic mass is 10.1. The van der Waals surface area contributed by atoms with Gasteiger partial charge in [-0.1, -0.05) is 6.07 Å². The van der Waals surface area contributed by atoms with E-state index in [2.05, 4.69) is 41.3 Å². The van der Waals surface area contributed by atoms with Crippen LogP contribution in [-0.4, -0.2) is 61.6 Å². The zero-order valence-electron chi connectivity index (χ0n) is 15.5. The van der Waals surface area contributed by atoms with Gasteiger partial charge in [0, 0.05) is 36.4 Å². The molecule has 3 N–H and O–H groups in total. The maximum absolute atomic E-state index is 5.48. The van der Waals surface area contributed by atoms with Gasteiger partial charge in [-0.25, -0.2) is 9.97 Å². The summed E-state index contributed by atoms with van der Waals surface area (Å²) >= 11 is 0. The number of rotatable bonds is 3. The van der Waals surface area contributed by atoms with Gasteiger partial charge in [0.1, 0.15) is 11.2 Å². The maximum Gasteiger partial charge on any atom is 0.180 e. The van der Waals surface area contributed by atoms with Crippen LogP contribution < -0.4 is 4.90 Å². The minimum atomic E-state index is 0.686. The lowest BCUT2D eigenvalue weighted by molar-refractivity contribution is 0.123. The van der Waals surface area contributed by atoms with Crippen LogP contribution in [0.1, 0.15) is 0 Å². The highest BCUT2D eigenvalue weighted by Gasteiger charge is 2.19. The summed E-state index contributed by atoms with van der Waals surface area (Å²) in [6.45, 7) is 3.16. The Morgan fingerprint density at radius 1 is 1.07 bits per heavy atom. The summed E-state index contributed by atoms with van der Waals surface area (Å²) in [5.41, 5.74) is 6.52. The first-order chi connectivity index (χ1) is 14.4. The number of H-pyrrole nitrogens is 3. The van der Waals surface area contributed by atoms with E-state index in [-0.39, 0.29) is 0 Å². The second kappa shape index (κ2) is 6.42. The zero-order chi connectivity index (χ0) is 19.2. The fourth-order valence-corrected chi connectivity index (χ4v) is 3.86. The average molecular weight is 386 g/mol. The van der Waals surface area contributed by atoms with Crippen LogP contribution in [0, 0.1) is 0 Å². The molecule has 6 rings (SSSR count). The molecule has 144 valence electrons. The summed E-state index contributed by atoms with van der Waals surface area (Å²) in [5, 5.41) is 15.5. The van der Waals surface area contributed by atoms with Crippen LogP contribution in [-0.2, 0) is 4.74 Å². The number of nitrogens with one attached hydrogen (secondary N) is 3. The molecule has 0 saturated carbocycles. The second-order valence-corrected chi connectivity index (χ2v) is 7.03.